The number of amides is 2. The van der Waals surface area contributed by atoms with Crippen LogP contribution in [0.25, 0.3) is 0 Å². The number of carbonyl (C=O) groups excluding carboxylic acids is 2. The van der Waals surface area contributed by atoms with Crippen molar-refractivity contribution in [2.75, 3.05) is 32.8 Å². The molecule has 0 aliphatic carbocycles. The minimum atomic E-state index is -0.486. The zero-order chi connectivity index (χ0) is 14.4. The maximum absolute atomic E-state index is 12.4. The second-order valence-corrected chi connectivity index (χ2v) is 5.30. The van der Waals surface area contributed by atoms with Crippen LogP contribution in [0.15, 0.2) is 0 Å². The van der Waals surface area contributed by atoms with Gasteiger partial charge in [0.25, 0.3) is 0 Å². The fourth-order valence-electron chi connectivity index (χ4n) is 1.90. The Morgan fingerprint density at radius 1 is 1.26 bits per heavy atom. The van der Waals surface area contributed by atoms with Gasteiger partial charge in [-0.1, -0.05) is 20.8 Å². The van der Waals surface area contributed by atoms with Crippen molar-refractivity contribution in [1.82, 2.24) is 10.2 Å². The molecule has 2 amide bonds. The van der Waals surface area contributed by atoms with E-state index in [0.717, 1.165) is 0 Å². The van der Waals surface area contributed by atoms with Gasteiger partial charge in [-0.3, -0.25) is 9.59 Å². The van der Waals surface area contributed by atoms with Crippen molar-refractivity contribution in [1.29, 1.82) is 0 Å². The zero-order valence-corrected chi connectivity index (χ0v) is 12.0. The molecule has 0 bridgehead atoms. The third kappa shape index (κ3) is 4.47. The van der Waals surface area contributed by atoms with Gasteiger partial charge in [0.1, 0.15) is 6.04 Å². The Morgan fingerprint density at radius 2 is 1.84 bits per heavy atom. The molecule has 0 aromatic rings. The molecule has 0 radical (unpaired) electrons. The topological polar surface area (TPSA) is 84.7 Å². The number of nitrogens with two attached hydrogens (primary N) is 1. The summed E-state index contributed by atoms with van der Waals surface area (Å²) in [5.74, 6) is -0.429. The molecule has 0 spiro atoms. The lowest BCUT2D eigenvalue weighted by Gasteiger charge is -2.32. The van der Waals surface area contributed by atoms with Crippen LogP contribution in [0.2, 0.25) is 0 Å². The van der Waals surface area contributed by atoms with E-state index in [2.05, 4.69) is 5.32 Å². The number of carbonyl (C=O) groups is 2. The average molecular weight is 271 g/mol. The van der Waals surface area contributed by atoms with Crippen LogP contribution in [-0.2, 0) is 14.3 Å². The first-order valence-electron chi connectivity index (χ1n) is 6.84. The van der Waals surface area contributed by atoms with E-state index in [1.54, 1.807) is 11.8 Å². The molecule has 1 rings (SSSR count). The van der Waals surface area contributed by atoms with Crippen LogP contribution < -0.4 is 11.1 Å². The van der Waals surface area contributed by atoms with Gasteiger partial charge in [-0.05, 0) is 5.92 Å². The Kier molecular flexibility index (Phi) is 6.24. The van der Waals surface area contributed by atoms with E-state index in [0.29, 0.717) is 26.3 Å². The van der Waals surface area contributed by atoms with Gasteiger partial charge >= 0.3 is 0 Å². The van der Waals surface area contributed by atoms with Gasteiger partial charge in [-0.25, -0.2) is 0 Å². The summed E-state index contributed by atoms with van der Waals surface area (Å²) in [7, 11) is 0. The highest BCUT2D eigenvalue weighted by Crippen LogP contribution is 2.09. The van der Waals surface area contributed by atoms with E-state index in [1.165, 1.54) is 0 Å². The average Bonchev–Trinajstić information content (AvgIpc) is 2.43. The molecule has 0 aromatic heterocycles. The summed E-state index contributed by atoms with van der Waals surface area (Å²) >= 11 is 0. The third-order valence-electron chi connectivity index (χ3n) is 3.35. The largest absolute Gasteiger partial charge is 0.378 e. The molecule has 1 heterocycles. The van der Waals surface area contributed by atoms with Crippen LogP contribution in [0, 0.1) is 11.8 Å². The monoisotopic (exact) mass is 271 g/mol. The Balaban J connectivity index is 2.65. The molecule has 6 nitrogen and oxygen atoms in total. The highest BCUT2D eigenvalue weighted by Gasteiger charge is 2.30. The first-order valence-corrected chi connectivity index (χ1v) is 6.84. The summed E-state index contributed by atoms with van der Waals surface area (Å²) < 4.78 is 5.23. The highest BCUT2D eigenvalue weighted by molar-refractivity contribution is 5.88. The van der Waals surface area contributed by atoms with Crippen molar-refractivity contribution in [3.63, 3.8) is 0 Å². The van der Waals surface area contributed by atoms with Gasteiger partial charge in [0, 0.05) is 25.6 Å². The molecule has 1 aliphatic rings. The number of nitrogens with one attached hydrogen (secondary N) is 1. The molecule has 3 N–H and O–H groups in total. The Bertz CT molecular complexity index is 314. The lowest BCUT2D eigenvalue weighted by atomic mass is 10.0. The smallest absolute Gasteiger partial charge is 0.245 e. The van der Waals surface area contributed by atoms with Crippen molar-refractivity contribution in [2.45, 2.75) is 26.8 Å². The molecule has 6 heteroatoms. The molecular formula is C13H25N3O3. The number of hydrogen-bond acceptors (Lipinski definition) is 4. The maximum Gasteiger partial charge on any atom is 0.245 e. The molecule has 1 saturated heterocycles. The van der Waals surface area contributed by atoms with E-state index >= 15 is 0 Å². The van der Waals surface area contributed by atoms with Gasteiger partial charge < -0.3 is 20.7 Å². The molecule has 0 saturated carbocycles. The number of morpholine rings is 1. The number of ether oxygens (including phenoxy) is 1. The second-order valence-electron chi connectivity index (χ2n) is 5.30. The van der Waals surface area contributed by atoms with Gasteiger partial charge in [-0.15, -0.1) is 0 Å². The van der Waals surface area contributed by atoms with E-state index in [1.807, 2.05) is 13.8 Å². The van der Waals surface area contributed by atoms with Crippen molar-refractivity contribution in [3.05, 3.63) is 0 Å². The summed E-state index contributed by atoms with van der Waals surface area (Å²) in [6, 6.07) is -0.486. The zero-order valence-electron chi connectivity index (χ0n) is 12.0. The fourth-order valence-corrected chi connectivity index (χ4v) is 1.90. The van der Waals surface area contributed by atoms with Crippen LogP contribution in [0.1, 0.15) is 20.8 Å². The van der Waals surface area contributed by atoms with E-state index in [4.69, 9.17) is 10.5 Å². The van der Waals surface area contributed by atoms with Crippen LogP contribution in [0.3, 0.4) is 0 Å². The van der Waals surface area contributed by atoms with Crippen molar-refractivity contribution in [2.24, 2.45) is 17.6 Å². The molecule has 0 aromatic carbocycles. The highest BCUT2D eigenvalue weighted by atomic mass is 16.5. The normalized spacial score (nSPS) is 19.1. The van der Waals surface area contributed by atoms with Gasteiger partial charge in [-0.2, -0.15) is 0 Å². The minimum absolute atomic E-state index is 0.0316. The van der Waals surface area contributed by atoms with Gasteiger partial charge in [0.05, 0.1) is 13.2 Å². The Hall–Kier alpha value is -1.14. The quantitative estimate of drug-likeness (QED) is 0.711. The Morgan fingerprint density at radius 3 is 2.32 bits per heavy atom. The maximum atomic E-state index is 12.4. The van der Waals surface area contributed by atoms with E-state index in [9.17, 15) is 9.59 Å². The van der Waals surface area contributed by atoms with E-state index in [-0.39, 0.29) is 30.2 Å². The summed E-state index contributed by atoms with van der Waals surface area (Å²) in [4.78, 5) is 26.1. The SMILES string of the molecule is CC(CN)C(=O)NC(C(=O)N1CCOCC1)C(C)C. The fraction of sp³-hybridized carbons (Fsp3) is 0.846. The standard InChI is InChI=1S/C13H25N3O3/c1-9(2)11(15-12(17)10(3)8-14)13(18)16-4-6-19-7-5-16/h9-11H,4-8,14H2,1-3H3,(H,15,17). The molecular weight excluding hydrogens is 246 g/mol. The Labute approximate surface area is 114 Å². The lowest BCUT2D eigenvalue weighted by Crippen LogP contribution is -2.55. The number of hydrogen-bond donors (Lipinski definition) is 2. The third-order valence-corrected chi connectivity index (χ3v) is 3.35. The summed E-state index contributed by atoms with van der Waals surface area (Å²) in [5.41, 5.74) is 5.47. The second kappa shape index (κ2) is 7.45. The van der Waals surface area contributed by atoms with Crippen LogP contribution in [0.4, 0.5) is 0 Å². The molecule has 110 valence electrons. The number of rotatable bonds is 5. The minimum Gasteiger partial charge on any atom is -0.378 e. The van der Waals surface area contributed by atoms with Crippen molar-refractivity contribution >= 4 is 11.8 Å². The van der Waals surface area contributed by atoms with Crippen molar-refractivity contribution < 1.29 is 14.3 Å². The summed E-state index contributed by atoms with van der Waals surface area (Å²) in [6.45, 7) is 8.18. The molecule has 1 aliphatic heterocycles. The summed E-state index contributed by atoms with van der Waals surface area (Å²) in [5, 5.41) is 2.81. The predicted octanol–water partition coefficient (Wildman–Crippen LogP) is -0.419. The van der Waals surface area contributed by atoms with Crippen molar-refractivity contribution in [3.8, 4) is 0 Å². The predicted molar refractivity (Wildman–Crippen MR) is 72.4 cm³/mol. The van der Waals surface area contributed by atoms with Crippen LogP contribution in [-0.4, -0.2) is 55.6 Å². The van der Waals surface area contributed by atoms with Crippen LogP contribution >= 0.6 is 0 Å². The summed E-state index contributed by atoms with van der Waals surface area (Å²) in [6.07, 6.45) is 0. The lowest BCUT2D eigenvalue weighted by molar-refractivity contribution is -0.141. The van der Waals surface area contributed by atoms with E-state index < -0.39 is 6.04 Å². The van der Waals surface area contributed by atoms with Gasteiger partial charge in [0.2, 0.25) is 11.8 Å². The molecule has 2 atom stereocenters. The molecule has 2 unspecified atom stereocenters. The number of nitrogens with zero attached hydrogens (tertiary/aromatic N) is 1. The van der Waals surface area contributed by atoms with Gasteiger partial charge in [0.15, 0.2) is 0 Å². The first kappa shape index (κ1) is 15.9. The van der Waals surface area contributed by atoms with Crippen LogP contribution in [0.5, 0.6) is 0 Å². The first-order chi connectivity index (χ1) is 8.97. The molecule has 19 heavy (non-hydrogen) atoms. The molecule has 1 fully saturated rings.